The number of nitrogens with zero attached hydrogens (tertiary/aromatic N) is 3. The fraction of sp³-hybridized carbons (Fsp3) is 0.391. The van der Waals surface area contributed by atoms with E-state index < -0.39 is 9.84 Å². The number of sulfone groups is 1. The number of carbonyl (C=O) groups is 1. The van der Waals surface area contributed by atoms with Crippen molar-refractivity contribution in [1.82, 2.24) is 14.3 Å². The van der Waals surface area contributed by atoms with E-state index in [9.17, 15) is 13.2 Å². The highest BCUT2D eigenvalue weighted by molar-refractivity contribution is 7.91. The van der Waals surface area contributed by atoms with Gasteiger partial charge in [0.15, 0.2) is 9.84 Å². The molecule has 0 radical (unpaired) electrons. The lowest BCUT2D eigenvalue weighted by molar-refractivity contribution is -0.132. The number of imidazole rings is 1. The monoisotopic (exact) mass is 427 g/mol. The molecule has 0 spiro atoms. The summed E-state index contributed by atoms with van der Waals surface area (Å²) in [5, 5.41) is 0. The van der Waals surface area contributed by atoms with Crippen molar-refractivity contribution in [3.05, 3.63) is 66.2 Å². The fourth-order valence-electron chi connectivity index (χ4n) is 3.60. The normalized spacial score (nSPS) is 15.1. The van der Waals surface area contributed by atoms with E-state index in [4.69, 9.17) is 4.98 Å². The maximum atomic E-state index is 12.7. The van der Waals surface area contributed by atoms with Crippen molar-refractivity contribution < 1.29 is 13.2 Å². The van der Waals surface area contributed by atoms with E-state index in [0.29, 0.717) is 6.42 Å². The molecule has 0 fully saturated rings. The lowest BCUT2D eigenvalue weighted by Crippen LogP contribution is -2.37. The molecule has 30 heavy (non-hydrogen) atoms. The van der Waals surface area contributed by atoms with Crippen molar-refractivity contribution in [3.8, 4) is 0 Å². The molecule has 1 atom stereocenters. The van der Waals surface area contributed by atoms with Crippen molar-refractivity contribution in [3.63, 3.8) is 0 Å². The van der Waals surface area contributed by atoms with Crippen LogP contribution in [0, 0.1) is 0 Å². The van der Waals surface area contributed by atoms with Gasteiger partial charge in [-0.15, -0.1) is 0 Å². The maximum Gasteiger partial charge on any atom is 0.222 e. The summed E-state index contributed by atoms with van der Waals surface area (Å²) in [4.78, 5) is 19.2. The molecule has 2 aromatic rings. The van der Waals surface area contributed by atoms with Crippen molar-refractivity contribution in [2.45, 2.75) is 39.7 Å². The summed E-state index contributed by atoms with van der Waals surface area (Å²) >= 11 is 0. The van der Waals surface area contributed by atoms with E-state index in [1.54, 1.807) is 18.7 Å². The summed E-state index contributed by atoms with van der Waals surface area (Å²) in [5.41, 5.74) is 3.49. The minimum Gasteiger partial charge on any atom is -0.333 e. The molecule has 160 valence electrons. The van der Waals surface area contributed by atoms with Gasteiger partial charge in [-0.25, -0.2) is 13.4 Å². The van der Waals surface area contributed by atoms with Crippen molar-refractivity contribution >= 4 is 27.0 Å². The minimum absolute atomic E-state index is 0.0480. The molecule has 0 saturated heterocycles. The molecular weight excluding hydrogens is 398 g/mol. The number of allylic oxidation sites excluding steroid dienone is 6. The van der Waals surface area contributed by atoms with Crippen molar-refractivity contribution in [2.75, 3.05) is 18.1 Å². The van der Waals surface area contributed by atoms with Gasteiger partial charge in [0.25, 0.3) is 0 Å². The Hall–Kier alpha value is -2.67. The zero-order chi connectivity index (χ0) is 21.7. The third kappa shape index (κ3) is 4.73. The zero-order valence-corrected chi connectivity index (χ0v) is 18.6. The molecule has 1 aliphatic rings. The molecule has 0 aliphatic heterocycles. The number of carbonyl (C=O) groups excluding carboxylic acids is 1. The van der Waals surface area contributed by atoms with Crippen LogP contribution >= 0.6 is 0 Å². The number of rotatable bonds is 8. The SMILES string of the molecule is CCC(=O)N(CCS(=O)(=O)CC)C(C)c1nc2ccccn2c1C1=CC=CCC=C1. The standard InChI is InChI=1S/C23H29N3O3S/c1-4-21(27)25(16-17-30(28,29)5-2)18(3)22-23(19-12-8-6-7-9-13-19)26-15-11-10-14-20(26)24-22/h6,8-15,18H,4-5,7,16-17H2,1-3H3. The molecule has 3 rings (SSSR count). The molecule has 2 aromatic heterocycles. The van der Waals surface area contributed by atoms with Gasteiger partial charge in [0.1, 0.15) is 5.65 Å². The van der Waals surface area contributed by atoms with E-state index in [2.05, 4.69) is 18.2 Å². The Kier molecular flexibility index (Phi) is 6.92. The Balaban J connectivity index is 2.08. The Labute approximate surface area is 178 Å². The van der Waals surface area contributed by atoms with Gasteiger partial charge in [0.05, 0.1) is 23.2 Å². The van der Waals surface area contributed by atoms with Crippen LogP contribution in [0.4, 0.5) is 0 Å². The number of amides is 1. The Morgan fingerprint density at radius 3 is 2.80 bits per heavy atom. The lowest BCUT2D eigenvalue weighted by atomic mass is 10.0. The third-order valence-electron chi connectivity index (χ3n) is 5.38. The first kappa shape index (κ1) is 22.0. The topological polar surface area (TPSA) is 71.8 Å². The van der Waals surface area contributed by atoms with Crippen molar-refractivity contribution in [2.24, 2.45) is 0 Å². The molecule has 0 aromatic carbocycles. The first-order valence-electron chi connectivity index (χ1n) is 10.4. The van der Waals surface area contributed by atoms with Crippen LogP contribution in [0.5, 0.6) is 0 Å². The van der Waals surface area contributed by atoms with Crippen LogP contribution in [0.3, 0.4) is 0 Å². The van der Waals surface area contributed by atoms with E-state index in [1.807, 2.05) is 47.9 Å². The number of pyridine rings is 1. The number of fused-ring (bicyclic) bond motifs is 1. The van der Waals surface area contributed by atoms with Gasteiger partial charge in [-0.3, -0.25) is 9.20 Å². The van der Waals surface area contributed by atoms with Crippen LogP contribution in [0.15, 0.2) is 54.8 Å². The molecular formula is C23H29N3O3S. The number of hydrogen-bond acceptors (Lipinski definition) is 4. The maximum absolute atomic E-state index is 12.7. The van der Waals surface area contributed by atoms with Gasteiger partial charge in [-0.05, 0) is 25.5 Å². The molecule has 0 bridgehead atoms. The highest BCUT2D eigenvalue weighted by atomic mass is 32.2. The molecule has 6 nitrogen and oxygen atoms in total. The lowest BCUT2D eigenvalue weighted by Gasteiger charge is -2.29. The van der Waals surface area contributed by atoms with Gasteiger partial charge >= 0.3 is 0 Å². The summed E-state index contributed by atoms with van der Waals surface area (Å²) in [7, 11) is -3.18. The van der Waals surface area contributed by atoms with Crippen LogP contribution in [0.25, 0.3) is 11.2 Å². The second kappa shape index (κ2) is 9.43. The zero-order valence-electron chi connectivity index (χ0n) is 17.8. The van der Waals surface area contributed by atoms with E-state index >= 15 is 0 Å². The van der Waals surface area contributed by atoms with Crippen LogP contribution in [0.1, 0.15) is 51.0 Å². The van der Waals surface area contributed by atoms with Gasteiger partial charge in [0.2, 0.25) is 5.91 Å². The van der Waals surface area contributed by atoms with Crippen LogP contribution < -0.4 is 0 Å². The molecule has 1 aliphatic carbocycles. The predicted octanol–water partition coefficient (Wildman–Crippen LogP) is 3.97. The highest BCUT2D eigenvalue weighted by Gasteiger charge is 2.28. The molecule has 7 heteroatoms. The van der Waals surface area contributed by atoms with Crippen molar-refractivity contribution in [1.29, 1.82) is 0 Å². The molecule has 1 amide bonds. The van der Waals surface area contributed by atoms with Gasteiger partial charge in [-0.1, -0.05) is 50.3 Å². The fourth-order valence-corrected chi connectivity index (χ4v) is 4.36. The van der Waals surface area contributed by atoms with Gasteiger partial charge in [-0.2, -0.15) is 0 Å². The highest BCUT2D eigenvalue weighted by Crippen LogP contribution is 2.31. The van der Waals surface area contributed by atoms with Crippen LogP contribution in [-0.2, 0) is 14.6 Å². The average Bonchev–Trinajstić information content (AvgIpc) is 2.92. The van der Waals surface area contributed by atoms with Crippen LogP contribution in [0.2, 0.25) is 0 Å². The Morgan fingerprint density at radius 2 is 2.07 bits per heavy atom. The number of aromatic nitrogens is 2. The Morgan fingerprint density at radius 1 is 1.27 bits per heavy atom. The summed E-state index contributed by atoms with van der Waals surface area (Å²) < 4.78 is 26.2. The quantitative estimate of drug-likeness (QED) is 0.639. The first-order valence-corrected chi connectivity index (χ1v) is 12.2. The van der Waals surface area contributed by atoms with E-state index in [0.717, 1.165) is 29.0 Å². The molecule has 0 N–H and O–H groups in total. The predicted molar refractivity (Wildman–Crippen MR) is 121 cm³/mol. The molecule has 0 saturated carbocycles. The largest absolute Gasteiger partial charge is 0.333 e. The summed E-state index contributed by atoms with van der Waals surface area (Å²) in [6.07, 6.45) is 13.4. The average molecular weight is 428 g/mol. The molecule has 1 unspecified atom stereocenters. The van der Waals surface area contributed by atoms with E-state index in [-0.39, 0.29) is 30.0 Å². The summed E-state index contributed by atoms with van der Waals surface area (Å²) in [6, 6.07) is 5.46. The first-order chi connectivity index (χ1) is 14.4. The Bertz CT molecular complexity index is 1110. The third-order valence-corrected chi connectivity index (χ3v) is 7.07. The van der Waals surface area contributed by atoms with Crippen LogP contribution in [-0.4, -0.2) is 46.7 Å². The van der Waals surface area contributed by atoms with E-state index in [1.165, 1.54) is 0 Å². The minimum atomic E-state index is -3.18. The second-order valence-electron chi connectivity index (χ2n) is 7.32. The smallest absolute Gasteiger partial charge is 0.222 e. The second-order valence-corrected chi connectivity index (χ2v) is 9.79. The molecule has 2 heterocycles. The van der Waals surface area contributed by atoms with Gasteiger partial charge in [0, 0.05) is 30.5 Å². The summed E-state index contributed by atoms with van der Waals surface area (Å²) in [6.45, 7) is 5.51. The number of hydrogen-bond donors (Lipinski definition) is 0. The van der Waals surface area contributed by atoms with Gasteiger partial charge < -0.3 is 4.90 Å². The summed E-state index contributed by atoms with van der Waals surface area (Å²) in [5.74, 6) is -0.0608.